The first-order valence-electron chi connectivity index (χ1n) is 8.27. The average molecular weight is 331 g/mol. The molecule has 0 unspecified atom stereocenters. The lowest BCUT2D eigenvalue weighted by atomic mass is 9.90. The van der Waals surface area contributed by atoms with Crippen LogP contribution >= 0.6 is 0 Å². The molecule has 1 N–H and O–H groups in total. The number of sulfonamides is 1. The van der Waals surface area contributed by atoms with Crippen molar-refractivity contribution >= 4 is 15.9 Å². The topological polar surface area (TPSA) is 69.7 Å². The fourth-order valence-corrected chi connectivity index (χ4v) is 4.75. The van der Waals surface area contributed by atoms with Gasteiger partial charge >= 0.3 is 0 Å². The number of hydrogen-bond donors (Lipinski definition) is 1. The van der Waals surface area contributed by atoms with Gasteiger partial charge in [-0.3, -0.25) is 4.79 Å². The predicted octanol–water partition coefficient (Wildman–Crippen LogP) is 0.645. The molecule has 2 aliphatic rings. The predicted molar refractivity (Wildman–Crippen MR) is 87.0 cm³/mol. The highest BCUT2D eigenvalue weighted by molar-refractivity contribution is 7.89. The summed E-state index contributed by atoms with van der Waals surface area (Å²) in [5, 5.41) is 3.11. The van der Waals surface area contributed by atoms with Crippen molar-refractivity contribution in [2.75, 3.05) is 26.7 Å². The van der Waals surface area contributed by atoms with Crippen LogP contribution < -0.4 is 5.32 Å². The monoisotopic (exact) mass is 331 g/mol. The van der Waals surface area contributed by atoms with Gasteiger partial charge in [0.05, 0.1) is 11.3 Å². The highest BCUT2D eigenvalue weighted by atomic mass is 32.2. The zero-order chi connectivity index (χ0) is 16.5. The maximum absolute atomic E-state index is 12.3. The third-order valence-corrected chi connectivity index (χ3v) is 7.26. The van der Waals surface area contributed by atoms with E-state index in [0.29, 0.717) is 13.1 Å². The molecule has 0 saturated carbocycles. The van der Waals surface area contributed by atoms with Crippen molar-refractivity contribution in [2.45, 2.75) is 57.4 Å². The molecule has 6 nitrogen and oxygen atoms in total. The standard InChI is InChI=1S/C15H29N3O3S/c1-5-12-10-18(22(20,21)11(2)3)9-7-13(12)16-14-6-8-17(4)15(14)19/h11-14,16H,5-10H2,1-4H3/t12-,13-,14-/m1/s1. The molecule has 128 valence electrons. The third-order valence-electron chi connectivity index (χ3n) is 5.02. The van der Waals surface area contributed by atoms with Gasteiger partial charge in [-0.2, -0.15) is 0 Å². The number of nitrogens with zero attached hydrogens (tertiary/aromatic N) is 2. The van der Waals surface area contributed by atoms with Gasteiger partial charge in [0, 0.05) is 32.7 Å². The minimum absolute atomic E-state index is 0.0997. The second-order valence-electron chi connectivity index (χ2n) is 6.78. The number of carbonyl (C=O) groups is 1. The fraction of sp³-hybridized carbons (Fsp3) is 0.933. The maximum Gasteiger partial charge on any atom is 0.239 e. The van der Waals surface area contributed by atoms with Crippen molar-refractivity contribution in [1.82, 2.24) is 14.5 Å². The number of piperidine rings is 1. The lowest BCUT2D eigenvalue weighted by molar-refractivity contribution is -0.128. The molecule has 0 aromatic rings. The van der Waals surface area contributed by atoms with E-state index in [1.807, 2.05) is 7.05 Å². The van der Waals surface area contributed by atoms with Crippen molar-refractivity contribution < 1.29 is 13.2 Å². The second kappa shape index (κ2) is 6.84. The van der Waals surface area contributed by atoms with Gasteiger partial charge in [0.25, 0.3) is 0 Å². The Morgan fingerprint density at radius 2 is 1.95 bits per heavy atom. The lowest BCUT2D eigenvalue weighted by Gasteiger charge is -2.39. The van der Waals surface area contributed by atoms with E-state index >= 15 is 0 Å². The second-order valence-corrected chi connectivity index (χ2v) is 9.27. The van der Waals surface area contributed by atoms with E-state index in [4.69, 9.17) is 0 Å². The summed E-state index contributed by atoms with van der Waals surface area (Å²) < 4.78 is 26.3. The number of likely N-dealkylation sites (tertiary alicyclic amines) is 1. The summed E-state index contributed by atoms with van der Waals surface area (Å²) >= 11 is 0. The largest absolute Gasteiger partial charge is 0.344 e. The van der Waals surface area contributed by atoms with E-state index in [0.717, 1.165) is 25.8 Å². The van der Waals surface area contributed by atoms with E-state index < -0.39 is 10.0 Å². The summed E-state index contributed by atoms with van der Waals surface area (Å²) in [5.41, 5.74) is 0. The summed E-state index contributed by atoms with van der Waals surface area (Å²) in [6, 6.07) is 0.126. The molecule has 22 heavy (non-hydrogen) atoms. The van der Waals surface area contributed by atoms with Crippen molar-refractivity contribution in [1.29, 1.82) is 0 Å². The van der Waals surface area contributed by atoms with Crippen LogP contribution in [0.25, 0.3) is 0 Å². The number of nitrogens with one attached hydrogen (secondary N) is 1. The van der Waals surface area contributed by atoms with Crippen molar-refractivity contribution in [2.24, 2.45) is 5.92 Å². The van der Waals surface area contributed by atoms with Crippen LogP contribution in [0.4, 0.5) is 0 Å². The van der Waals surface area contributed by atoms with E-state index in [9.17, 15) is 13.2 Å². The molecular formula is C15H29N3O3S. The average Bonchev–Trinajstić information content (AvgIpc) is 2.79. The highest BCUT2D eigenvalue weighted by Crippen LogP contribution is 2.25. The highest BCUT2D eigenvalue weighted by Gasteiger charge is 2.38. The molecule has 0 aromatic carbocycles. The summed E-state index contributed by atoms with van der Waals surface area (Å²) in [6.45, 7) is 7.46. The number of likely N-dealkylation sites (N-methyl/N-ethyl adjacent to an activating group) is 1. The Balaban J connectivity index is 2.00. The molecular weight excluding hydrogens is 302 g/mol. The third kappa shape index (κ3) is 3.46. The van der Waals surface area contributed by atoms with Crippen LogP contribution in [0.5, 0.6) is 0 Å². The van der Waals surface area contributed by atoms with E-state index in [2.05, 4.69) is 12.2 Å². The Morgan fingerprint density at radius 3 is 2.45 bits per heavy atom. The number of rotatable bonds is 5. The van der Waals surface area contributed by atoms with Gasteiger partial charge in [0.15, 0.2) is 0 Å². The molecule has 0 aromatic heterocycles. The zero-order valence-electron chi connectivity index (χ0n) is 14.1. The van der Waals surface area contributed by atoms with Crippen LogP contribution in [0.15, 0.2) is 0 Å². The zero-order valence-corrected chi connectivity index (χ0v) is 14.9. The first-order chi connectivity index (χ1) is 10.3. The molecule has 0 radical (unpaired) electrons. The Hall–Kier alpha value is -0.660. The Bertz CT molecular complexity index is 506. The van der Waals surface area contributed by atoms with Gasteiger partial charge in [-0.1, -0.05) is 13.3 Å². The number of amides is 1. The summed E-state index contributed by atoms with van der Waals surface area (Å²) in [4.78, 5) is 13.8. The van der Waals surface area contributed by atoms with Gasteiger partial charge in [0.1, 0.15) is 0 Å². The Labute approximate surface area is 134 Å². The van der Waals surface area contributed by atoms with Gasteiger partial charge in [-0.25, -0.2) is 12.7 Å². The minimum atomic E-state index is -3.18. The fourth-order valence-electron chi connectivity index (χ4n) is 3.40. The van der Waals surface area contributed by atoms with Crippen LogP contribution in [-0.4, -0.2) is 67.5 Å². The Morgan fingerprint density at radius 1 is 1.27 bits per heavy atom. The molecule has 0 bridgehead atoms. The van der Waals surface area contributed by atoms with Crippen LogP contribution in [0.3, 0.4) is 0 Å². The molecule has 3 atom stereocenters. The van der Waals surface area contributed by atoms with Crippen LogP contribution in [-0.2, 0) is 14.8 Å². The molecule has 0 spiro atoms. The first kappa shape index (κ1) is 17.7. The summed E-state index contributed by atoms with van der Waals surface area (Å²) in [7, 11) is -1.35. The molecule has 2 aliphatic heterocycles. The molecule has 7 heteroatoms. The molecule has 2 rings (SSSR count). The smallest absolute Gasteiger partial charge is 0.239 e. The molecule has 2 heterocycles. The van der Waals surface area contributed by atoms with Gasteiger partial charge in [-0.05, 0) is 32.6 Å². The van der Waals surface area contributed by atoms with Crippen LogP contribution in [0.2, 0.25) is 0 Å². The number of carbonyl (C=O) groups excluding carboxylic acids is 1. The van der Waals surface area contributed by atoms with E-state index in [1.165, 1.54) is 0 Å². The maximum atomic E-state index is 12.3. The normalized spacial score (nSPS) is 31.2. The first-order valence-corrected chi connectivity index (χ1v) is 9.77. The SMILES string of the molecule is CC[C@@H]1CN(S(=O)(=O)C(C)C)CC[C@H]1N[C@@H]1CCN(C)C1=O. The lowest BCUT2D eigenvalue weighted by Crippen LogP contribution is -2.55. The Kier molecular flexibility index (Phi) is 5.50. The van der Waals surface area contributed by atoms with Gasteiger partial charge < -0.3 is 10.2 Å². The van der Waals surface area contributed by atoms with Crippen LogP contribution in [0.1, 0.15) is 40.0 Å². The van der Waals surface area contributed by atoms with E-state index in [-0.39, 0.29) is 29.2 Å². The summed E-state index contributed by atoms with van der Waals surface area (Å²) in [5.74, 6) is 0.424. The molecule has 0 aliphatic carbocycles. The van der Waals surface area contributed by atoms with Crippen molar-refractivity contribution in [3.63, 3.8) is 0 Å². The van der Waals surface area contributed by atoms with Crippen molar-refractivity contribution in [3.8, 4) is 0 Å². The van der Waals surface area contributed by atoms with Gasteiger partial charge in [-0.15, -0.1) is 0 Å². The quantitative estimate of drug-likeness (QED) is 0.803. The van der Waals surface area contributed by atoms with Gasteiger partial charge in [0.2, 0.25) is 15.9 Å². The minimum Gasteiger partial charge on any atom is -0.344 e. The molecule has 2 saturated heterocycles. The van der Waals surface area contributed by atoms with Crippen molar-refractivity contribution in [3.05, 3.63) is 0 Å². The summed E-state index contributed by atoms with van der Waals surface area (Å²) in [6.07, 6.45) is 2.53. The van der Waals surface area contributed by atoms with E-state index in [1.54, 1.807) is 23.1 Å². The number of hydrogen-bond acceptors (Lipinski definition) is 4. The van der Waals surface area contributed by atoms with Crippen LogP contribution in [0, 0.1) is 5.92 Å². The molecule has 1 amide bonds. The molecule has 2 fully saturated rings.